The predicted molar refractivity (Wildman–Crippen MR) is 94.8 cm³/mol. The van der Waals surface area contributed by atoms with E-state index in [1.165, 1.54) is 22.3 Å². The van der Waals surface area contributed by atoms with Crippen molar-refractivity contribution in [2.75, 3.05) is 27.7 Å². The Kier molecular flexibility index (Phi) is 5.62. The van der Waals surface area contributed by atoms with Gasteiger partial charge in [0.1, 0.15) is 5.75 Å². The van der Waals surface area contributed by atoms with Crippen molar-refractivity contribution in [3.63, 3.8) is 0 Å². The van der Waals surface area contributed by atoms with Crippen LogP contribution in [0.5, 0.6) is 5.75 Å². The maximum atomic E-state index is 5.50. The highest BCUT2D eigenvalue weighted by Gasteiger charge is 2.07. The Labute approximate surface area is 134 Å². The predicted octanol–water partition coefficient (Wildman–Crippen LogP) is 4.59. The summed E-state index contributed by atoms with van der Waals surface area (Å²) in [6.45, 7) is 5.47. The molecule has 2 aromatic rings. The second-order valence-corrected chi connectivity index (χ2v) is 6.36. The van der Waals surface area contributed by atoms with Crippen LogP contribution in [0.2, 0.25) is 0 Å². The zero-order valence-corrected chi connectivity index (χ0v) is 14.4. The molecule has 0 atom stereocenters. The maximum absolute atomic E-state index is 5.50. The van der Waals surface area contributed by atoms with Gasteiger partial charge in [0.05, 0.1) is 7.11 Å². The molecule has 2 aromatic carbocycles. The van der Waals surface area contributed by atoms with Crippen LogP contribution in [0.15, 0.2) is 42.5 Å². The lowest BCUT2D eigenvalue weighted by molar-refractivity contribution is 0.392. The Morgan fingerprint density at radius 1 is 0.955 bits per heavy atom. The van der Waals surface area contributed by atoms with E-state index in [9.17, 15) is 0 Å². The van der Waals surface area contributed by atoms with Crippen LogP contribution in [-0.2, 0) is 6.42 Å². The Balaban J connectivity index is 2.28. The normalized spacial score (nSPS) is 11.2. The Hall–Kier alpha value is -1.80. The van der Waals surface area contributed by atoms with E-state index >= 15 is 0 Å². The molecule has 0 N–H and O–H groups in total. The van der Waals surface area contributed by atoms with E-state index in [2.05, 4.69) is 75.3 Å². The highest BCUT2D eigenvalue weighted by molar-refractivity contribution is 5.66. The molecule has 0 bridgehead atoms. The van der Waals surface area contributed by atoms with Crippen LogP contribution < -0.4 is 4.74 Å². The van der Waals surface area contributed by atoms with Crippen LogP contribution in [0.4, 0.5) is 0 Å². The summed E-state index contributed by atoms with van der Waals surface area (Å²) >= 11 is 0. The molecule has 0 saturated carbocycles. The molecule has 22 heavy (non-hydrogen) atoms. The van der Waals surface area contributed by atoms with Crippen molar-refractivity contribution in [2.45, 2.75) is 26.2 Å². The van der Waals surface area contributed by atoms with Crippen molar-refractivity contribution >= 4 is 0 Å². The molecule has 0 aliphatic rings. The van der Waals surface area contributed by atoms with E-state index in [4.69, 9.17) is 4.74 Å². The van der Waals surface area contributed by atoms with Crippen molar-refractivity contribution in [1.29, 1.82) is 0 Å². The minimum Gasteiger partial charge on any atom is -0.496 e. The van der Waals surface area contributed by atoms with Crippen molar-refractivity contribution in [1.82, 2.24) is 4.90 Å². The Morgan fingerprint density at radius 2 is 1.59 bits per heavy atom. The highest BCUT2D eigenvalue weighted by atomic mass is 16.5. The number of rotatable bonds is 6. The first-order valence-corrected chi connectivity index (χ1v) is 7.93. The highest BCUT2D eigenvalue weighted by Crippen LogP contribution is 2.28. The van der Waals surface area contributed by atoms with E-state index < -0.39 is 0 Å². The molecule has 2 rings (SSSR count). The summed E-state index contributed by atoms with van der Waals surface area (Å²) in [5, 5.41) is 0. The van der Waals surface area contributed by atoms with Gasteiger partial charge in [-0.3, -0.25) is 0 Å². The molecule has 0 aliphatic heterocycles. The third-order valence-electron chi connectivity index (χ3n) is 4.02. The first-order valence-electron chi connectivity index (χ1n) is 7.93. The quantitative estimate of drug-likeness (QED) is 0.773. The number of ether oxygens (including phenoxy) is 1. The Bertz CT molecular complexity index is 600. The average Bonchev–Trinajstić information content (AvgIpc) is 2.52. The van der Waals surface area contributed by atoms with Gasteiger partial charge in [-0.2, -0.15) is 0 Å². The molecule has 0 unspecified atom stereocenters. The molecular formula is C20H27NO. The second-order valence-electron chi connectivity index (χ2n) is 6.36. The van der Waals surface area contributed by atoms with Gasteiger partial charge in [0.2, 0.25) is 0 Å². The van der Waals surface area contributed by atoms with Gasteiger partial charge >= 0.3 is 0 Å². The van der Waals surface area contributed by atoms with Crippen LogP contribution in [0.3, 0.4) is 0 Å². The molecule has 0 aromatic heterocycles. The lowest BCUT2D eigenvalue weighted by Crippen LogP contribution is -2.15. The first kappa shape index (κ1) is 16.6. The number of nitrogens with zero attached hydrogens (tertiary/aromatic N) is 1. The van der Waals surface area contributed by atoms with Gasteiger partial charge in [-0.05, 0) is 60.8 Å². The van der Waals surface area contributed by atoms with Gasteiger partial charge in [-0.25, -0.2) is 0 Å². The van der Waals surface area contributed by atoms with Crippen LogP contribution in [0.25, 0.3) is 11.1 Å². The van der Waals surface area contributed by atoms with Gasteiger partial charge in [0, 0.05) is 6.54 Å². The van der Waals surface area contributed by atoms with Crippen molar-refractivity contribution < 1.29 is 4.74 Å². The van der Waals surface area contributed by atoms with Crippen molar-refractivity contribution in [3.8, 4) is 16.9 Å². The third-order valence-corrected chi connectivity index (χ3v) is 4.02. The molecule has 2 nitrogen and oxygen atoms in total. The molecule has 0 heterocycles. The zero-order valence-electron chi connectivity index (χ0n) is 14.4. The van der Waals surface area contributed by atoms with Gasteiger partial charge in [-0.15, -0.1) is 0 Å². The number of likely N-dealkylation sites (N-methyl/N-ethyl adjacent to an activating group) is 1. The van der Waals surface area contributed by atoms with Gasteiger partial charge < -0.3 is 9.64 Å². The van der Waals surface area contributed by atoms with Gasteiger partial charge in [0.15, 0.2) is 0 Å². The summed E-state index contributed by atoms with van der Waals surface area (Å²) in [6, 6.07) is 15.4. The minimum absolute atomic E-state index is 0.570. The number of hydrogen-bond donors (Lipinski definition) is 0. The molecule has 0 radical (unpaired) electrons. The summed E-state index contributed by atoms with van der Waals surface area (Å²) in [6.07, 6.45) is 0.994. The van der Waals surface area contributed by atoms with Crippen LogP contribution >= 0.6 is 0 Å². The molecule has 2 heteroatoms. The van der Waals surface area contributed by atoms with Crippen LogP contribution in [0.1, 0.15) is 30.9 Å². The number of benzene rings is 2. The fourth-order valence-corrected chi connectivity index (χ4v) is 2.56. The molecule has 0 amide bonds. The standard InChI is InChI=1S/C20H27NO/c1-15(2)16-6-8-17(9-7-16)18-10-11-20(22-5)19(14-18)12-13-21(3)4/h6-11,14-15H,12-13H2,1-5H3. The van der Waals surface area contributed by atoms with Crippen LogP contribution in [0, 0.1) is 0 Å². The fourth-order valence-electron chi connectivity index (χ4n) is 2.56. The SMILES string of the molecule is COc1ccc(-c2ccc(C(C)C)cc2)cc1CCN(C)C. The largest absolute Gasteiger partial charge is 0.496 e. The van der Waals surface area contributed by atoms with Crippen LogP contribution in [-0.4, -0.2) is 32.6 Å². The molecule has 0 fully saturated rings. The zero-order chi connectivity index (χ0) is 16.1. The smallest absolute Gasteiger partial charge is 0.122 e. The second kappa shape index (κ2) is 7.46. The first-order chi connectivity index (χ1) is 10.5. The lowest BCUT2D eigenvalue weighted by atomic mass is 9.97. The number of methoxy groups -OCH3 is 1. The summed E-state index contributed by atoms with van der Waals surface area (Å²) in [4.78, 5) is 2.20. The summed E-state index contributed by atoms with van der Waals surface area (Å²) in [5.74, 6) is 1.55. The van der Waals surface area contributed by atoms with E-state index in [0.717, 1.165) is 18.7 Å². The van der Waals surface area contributed by atoms with Gasteiger partial charge in [0.25, 0.3) is 0 Å². The monoisotopic (exact) mass is 297 g/mol. The number of hydrogen-bond acceptors (Lipinski definition) is 2. The summed E-state index contributed by atoms with van der Waals surface area (Å²) in [7, 11) is 5.94. The molecule has 0 spiro atoms. The van der Waals surface area contributed by atoms with Gasteiger partial charge in [-0.1, -0.05) is 44.2 Å². The van der Waals surface area contributed by atoms with Crippen molar-refractivity contribution in [3.05, 3.63) is 53.6 Å². The molecule has 0 saturated heterocycles. The molecular weight excluding hydrogens is 270 g/mol. The van der Waals surface area contributed by atoms with E-state index in [-0.39, 0.29) is 0 Å². The minimum atomic E-state index is 0.570. The van der Waals surface area contributed by atoms with E-state index in [0.29, 0.717) is 5.92 Å². The molecule has 0 aliphatic carbocycles. The van der Waals surface area contributed by atoms with E-state index in [1.54, 1.807) is 7.11 Å². The average molecular weight is 297 g/mol. The maximum Gasteiger partial charge on any atom is 0.122 e. The third kappa shape index (κ3) is 4.11. The lowest BCUT2D eigenvalue weighted by Gasteiger charge is -2.14. The topological polar surface area (TPSA) is 12.5 Å². The summed E-state index contributed by atoms with van der Waals surface area (Å²) < 4.78 is 5.50. The molecule has 118 valence electrons. The van der Waals surface area contributed by atoms with E-state index in [1.807, 2.05) is 0 Å². The summed E-state index contributed by atoms with van der Waals surface area (Å²) in [5.41, 5.74) is 5.16. The fraction of sp³-hybridized carbons (Fsp3) is 0.400. The Morgan fingerprint density at radius 3 is 2.14 bits per heavy atom. The van der Waals surface area contributed by atoms with Crippen molar-refractivity contribution in [2.24, 2.45) is 0 Å².